The molecule has 14 heavy (non-hydrogen) atoms. The molecular formula is C11H15BrN2. The Balaban J connectivity index is 2.18. The number of nitrogens with zero attached hydrogens (tertiary/aromatic N) is 1. The average Bonchev–Trinajstić information content (AvgIpc) is 2.23. The molecule has 0 aliphatic heterocycles. The van der Waals surface area contributed by atoms with Gasteiger partial charge in [-0.25, -0.2) is 0 Å². The number of nitrogens with two attached hydrogens (primary N) is 1. The predicted molar refractivity (Wildman–Crippen MR) is 62.2 cm³/mol. The highest BCUT2D eigenvalue weighted by Gasteiger charge is 2.17. The van der Waals surface area contributed by atoms with Gasteiger partial charge in [-0.3, -0.25) is 4.98 Å². The lowest BCUT2D eigenvalue weighted by molar-refractivity contribution is 0.437. The van der Waals surface area contributed by atoms with Crippen molar-refractivity contribution in [1.29, 1.82) is 0 Å². The van der Waals surface area contributed by atoms with E-state index in [1.54, 1.807) is 0 Å². The highest BCUT2D eigenvalue weighted by molar-refractivity contribution is 9.10. The molecule has 2 nitrogen and oxygen atoms in total. The van der Waals surface area contributed by atoms with E-state index in [4.69, 9.17) is 5.73 Å². The van der Waals surface area contributed by atoms with Crippen LogP contribution in [0.25, 0.3) is 0 Å². The molecule has 1 aliphatic carbocycles. The molecule has 2 rings (SSSR count). The maximum atomic E-state index is 5.84. The summed E-state index contributed by atoms with van der Waals surface area (Å²) in [5.41, 5.74) is 7.82. The maximum absolute atomic E-state index is 5.84. The van der Waals surface area contributed by atoms with Crippen molar-refractivity contribution in [2.24, 2.45) is 0 Å². The Labute approximate surface area is 93.0 Å². The third kappa shape index (κ3) is 2.08. The molecule has 0 spiro atoms. The summed E-state index contributed by atoms with van der Waals surface area (Å²) >= 11 is 3.37. The zero-order valence-corrected chi connectivity index (χ0v) is 9.76. The second-order valence-electron chi connectivity index (χ2n) is 3.97. The van der Waals surface area contributed by atoms with Crippen molar-refractivity contribution in [3.05, 3.63) is 22.4 Å². The Morgan fingerprint density at radius 2 is 2.00 bits per heavy atom. The van der Waals surface area contributed by atoms with E-state index in [-0.39, 0.29) is 0 Å². The van der Waals surface area contributed by atoms with Crippen LogP contribution in [0.15, 0.2) is 16.7 Å². The van der Waals surface area contributed by atoms with Gasteiger partial charge in [-0.1, -0.05) is 19.3 Å². The number of anilines is 1. The van der Waals surface area contributed by atoms with E-state index in [2.05, 4.69) is 20.9 Å². The van der Waals surface area contributed by atoms with Gasteiger partial charge in [-0.05, 0) is 34.8 Å². The molecule has 0 amide bonds. The first kappa shape index (κ1) is 9.97. The molecule has 0 bridgehead atoms. The first-order chi connectivity index (χ1) is 6.77. The lowest BCUT2D eigenvalue weighted by Crippen LogP contribution is -2.07. The predicted octanol–water partition coefficient (Wildman–Crippen LogP) is 3.47. The van der Waals surface area contributed by atoms with E-state index in [9.17, 15) is 0 Å². The summed E-state index contributed by atoms with van der Waals surface area (Å²) in [6.07, 6.45) is 8.41. The monoisotopic (exact) mass is 254 g/mol. The van der Waals surface area contributed by atoms with Crippen molar-refractivity contribution in [3.8, 4) is 0 Å². The van der Waals surface area contributed by atoms with Crippen LogP contribution in [0.1, 0.15) is 43.7 Å². The Hall–Kier alpha value is -0.570. The summed E-state index contributed by atoms with van der Waals surface area (Å²) in [5, 5.41) is 0. The van der Waals surface area contributed by atoms with Crippen LogP contribution >= 0.6 is 15.9 Å². The van der Waals surface area contributed by atoms with Crippen LogP contribution in [0, 0.1) is 0 Å². The zero-order chi connectivity index (χ0) is 9.97. The Morgan fingerprint density at radius 1 is 1.29 bits per heavy atom. The summed E-state index contributed by atoms with van der Waals surface area (Å²) in [6, 6.07) is 2.01. The Bertz CT molecular complexity index is 319. The fourth-order valence-corrected chi connectivity index (χ4v) is 2.31. The fraction of sp³-hybridized carbons (Fsp3) is 0.545. The molecule has 0 radical (unpaired) electrons. The summed E-state index contributed by atoms with van der Waals surface area (Å²) in [4.78, 5) is 4.44. The van der Waals surface area contributed by atoms with Gasteiger partial charge >= 0.3 is 0 Å². The van der Waals surface area contributed by atoms with E-state index in [0.29, 0.717) is 5.92 Å². The van der Waals surface area contributed by atoms with E-state index in [1.165, 1.54) is 37.8 Å². The second kappa shape index (κ2) is 4.30. The van der Waals surface area contributed by atoms with E-state index < -0.39 is 0 Å². The van der Waals surface area contributed by atoms with Gasteiger partial charge in [0.15, 0.2) is 0 Å². The molecule has 1 heterocycles. The van der Waals surface area contributed by atoms with Crippen LogP contribution in [0.2, 0.25) is 0 Å². The van der Waals surface area contributed by atoms with Gasteiger partial charge in [0.25, 0.3) is 0 Å². The largest absolute Gasteiger partial charge is 0.398 e. The molecule has 0 saturated heterocycles. The van der Waals surface area contributed by atoms with Crippen LogP contribution < -0.4 is 5.73 Å². The minimum atomic E-state index is 0.638. The third-order valence-electron chi connectivity index (χ3n) is 2.93. The van der Waals surface area contributed by atoms with Crippen LogP contribution in [-0.4, -0.2) is 4.98 Å². The van der Waals surface area contributed by atoms with E-state index in [1.807, 2.05) is 12.3 Å². The van der Waals surface area contributed by atoms with Gasteiger partial charge in [0.05, 0.1) is 4.47 Å². The fourth-order valence-electron chi connectivity index (χ4n) is 2.09. The molecule has 1 aromatic rings. The number of rotatable bonds is 1. The first-order valence-electron chi connectivity index (χ1n) is 5.18. The lowest BCUT2D eigenvalue weighted by Gasteiger charge is -2.21. The maximum Gasteiger partial charge on any atom is 0.0588 e. The van der Waals surface area contributed by atoms with E-state index in [0.717, 1.165) is 10.2 Å². The Kier molecular flexibility index (Phi) is 3.06. The minimum Gasteiger partial charge on any atom is -0.398 e. The molecule has 0 aromatic carbocycles. The summed E-state index contributed by atoms with van der Waals surface area (Å²) in [6.45, 7) is 0. The number of pyridine rings is 1. The molecule has 1 aliphatic rings. The number of hydrogen-bond donors (Lipinski definition) is 1. The third-order valence-corrected chi connectivity index (χ3v) is 3.59. The molecule has 1 aromatic heterocycles. The van der Waals surface area contributed by atoms with Gasteiger partial charge in [0.1, 0.15) is 0 Å². The van der Waals surface area contributed by atoms with Crippen molar-refractivity contribution >= 4 is 21.6 Å². The normalized spacial score (nSPS) is 18.4. The first-order valence-corrected chi connectivity index (χ1v) is 5.97. The number of nitrogen functional groups attached to an aromatic ring is 1. The standard InChI is InChI=1S/C11H15BrN2/c12-9-7-14-11(6-10(9)13)8-4-2-1-3-5-8/h6-8H,1-5H2,(H2,13,14). The molecule has 2 N–H and O–H groups in total. The van der Waals surface area contributed by atoms with Gasteiger partial charge in [0, 0.05) is 23.5 Å². The summed E-state index contributed by atoms with van der Waals surface area (Å²) in [7, 11) is 0. The molecule has 1 saturated carbocycles. The number of aromatic nitrogens is 1. The SMILES string of the molecule is Nc1cc(C2CCCCC2)ncc1Br. The lowest BCUT2D eigenvalue weighted by atomic mass is 9.86. The Morgan fingerprint density at radius 3 is 2.64 bits per heavy atom. The van der Waals surface area contributed by atoms with Crippen molar-refractivity contribution < 1.29 is 0 Å². The second-order valence-corrected chi connectivity index (χ2v) is 4.82. The number of hydrogen-bond acceptors (Lipinski definition) is 2. The zero-order valence-electron chi connectivity index (χ0n) is 8.17. The average molecular weight is 255 g/mol. The molecule has 1 fully saturated rings. The molecule has 3 heteroatoms. The van der Waals surface area contributed by atoms with Crippen molar-refractivity contribution in [2.45, 2.75) is 38.0 Å². The molecular weight excluding hydrogens is 240 g/mol. The topological polar surface area (TPSA) is 38.9 Å². The molecule has 0 atom stereocenters. The van der Waals surface area contributed by atoms with Crippen LogP contribution in [0.5, 0.6) is 0 Å². The van der Waals surface area contributed by atoms with Crippen molar-refractivity contribution in [3.63, 3.8) is 0 Å². The van der Waals surface area contributed by atoms with Crippen molar-refractivity contribution in [2.75, 3.05) is 5.73 Å². The van der Waals surface area contributed by atoms with E-state index >= 15 is 0 Å². The van der Waals surface area contributed by atoms with Gasteiger partial charge in [-0.15, -0.1) is 0 Å². The van der Waals surface area contributed by atoms with Gasteiger partial charge in [-0.2, -0.15) is 0 Å². The van der Waals surface area contributed by atoms with Crippen LogP contribution in [0.3, 0.4) is 0 Å². The van der Waals surface area contributed by atoms with Crippen LogP contribution in [0.4, 0.5) is 5.69 Å². The minimum absolute atomic E-state index is 0.638. The molecule has 0 unspecified atom stereocenters. The highest BCUT2D eigenvalue weighted by Crippen LogP contribution is 2.33. The summed E-state index contributed by atoms with van der Waals surface area (Å²) < 4.78 is 0.900. The smallest absolute Gasteiger partial charge is 0.0588 e. The van der Waals surface area contributed by atoms with Gasteiger partial charge in [0.2, 0.25) is 0 Å². The van der Waals surface area contributed by atoms with Crippen molar-refractivity contribution in [1.82, 2.24) is 4.98 Å². The highest BCUT2D eigenvalue weighted by atomic mass is 79.9. The quantitative estimate of drug-likeness (QED) is 0.834. The molecule has 76 valence electrons. The summed E-state index contributed by atoms with van der Waals surface area (Å²) in [5.74, 6) is 0.638. The van der Waals surface area contributed by atoms with Gasteiger partial charge < -0.3 is 5.73 Å². The number of halogens is 1. The van der Waals surface area contributed by atoms with Crippen LogP contribution in [-0.2, 0) is 0 Å².